The lowest BCUT2D eigenvalue weighted by Gasteiger charge is -2.16. The van der Waals surface area contributed by atoms with Crippen molar-refractivity contribution in [2.45, 2.75) is 39.5 Å². The van der Waals surface area contributed by atoms with Crippen molar-refractivity contribution in [2.24, 2.45) is 7.05 Å². The fraction of sp³-hybridized carbons (Fsp3) is 0.562. The molecule has 0 spiro atoms. The molecule has 0 saturated carbocycles. The number of aromatic nitrogens is 3. The summed E-state index contributed by atoms with van der Waals surface area (Å²) in [5.41, 5.74) is 2.03. The third-order valence-electron chi connectivity index (χ3n) is 4.25. The zero-order chi connectivity index (χ0) is 15.9. The van der Waals surface area contributed by atoms with Crippen LogP contribution in [-0.2, 0) is 18.3 Å². The van der Waals surface area contributed by atoms with E-state index in [2.05, 4.69) is 14.5 Å². The Labute approximate surface area is 135 Å². The zero-order valence-electron chi connectivity index (χ0n) is 13.6. The minimum Gasteiger partial charge on any atom is -0.342 e. The van der Waals surface area contributed by atoms with Gasteiger partial charge in [-0.15, -0.1) is 11.3 Å². The molecule has 1 amide bonds. The van der Waals surface area contributed by atoms with Gasteiger partial charge in [0.15, 0.2) is 0 Å². The summed E-state index contributed by atoms with van der Waals surface area (Å²) in [6.45, 7) is 7.58. The molecule has 0 aromatic carbocycles. The highest BCUT2D eigenvalue weighted by molar-refractivity contribution is 7.11. The normalized spacial score (nSPS) is 18.2. The third kappa shape index (κ3) is 2.92. The van der Waals surface area contributed by atoms with Crippen LogP contribution in [0.2, 0.25) is 0 Å². The SMILES string of the molecule is Cc1cn(C)c(C2CCN(C(=O)Cc3sc(C)nc3C)C2)n1. The molecule has 3 heterocycles. The molecule has 5 nitrogen and oxygen atoms in total. The molecule has 0 N–H and O–H groups in total. The molecular weight excluding hydrogens is 296 g/mol. The van der Waals surface area contributed by atoms with Crippen molar-refractivity contribution in [3.05, 3.63) is 33.3 Å². The van der Waals surface area contributed by atoms with Gasteiger partial charge in [0.2, 0.25) is 5.91 Å². The first kappa shape index (κ1) is 15.2. The molecule has 0 bridgehead atoms. The predicted octanol–water partition coefficient (Wildman–Crippen LogP) is 2.36. The number of carbonyl (C=O) groups excluding carboxylic acids is 1. The molecule has 0 radical (unpaired) electrons. The van der Waals surface area contributed by atoms with E-state index in [0.717, 1.165) is 46.6 Å². The van der Waals surface area contributed by atoms with E-state index in [-0.39, 0.29) is 5.91 Å². The average molecular weight is 318 g/mol. The highest BCUT2D eigenvalue weighted by atomic mass is 32.1. The minimum atomic E-state index is 0.209. The highest BCUT2D eigenvalue weighted by Crippen LogP contribution is 2.27. The Morgan fingerprint density at radius 2 is 2.14 bits per heavy atom. The average Bonchev–Trinajstić information content (AvgIpc) is 3.10. The van der Waals surface area contributed by atoms with Crippen LogP contribution in [0, 0.1) is 20.8 Å². The number of amides is 1. The van der Waals surface area contributed by atoms with Gasteiger partial charge in [-0.3, -0.25) is 4.79 Å². The van der Waals surface area contributed by atoms with E-state index in [4.69, 9.17) is 0 Å². The van der Waals surface area contributed by atoms with Crippen molar-refractivity contribution in [2.75, 3.05) is 13.1 Å². The lowest BCUT2D eigenvalue weighted by molar-refractivity contribution is -0.129. The van der Waals surface area contributed by atoms with Crippen molar-refractivity contribution >= 4 is 17.2 Å². The smallest absolute Gasteiger partial charge is 0.227 e. The van der Waals surface area contributed by atoms with Crippen molar-refractivity contribution in [1.29, 1.82) is 0 Å². The number of imidazole rings is 1. The monoisotopic (exact) mass is 318 g/mol. The molecule has 6 heteroatoms. The van der Waals surface area contributed by atoms with Gasteiger partial charge in [0.1, 0.15) is 5.82 Å². The summed E-state index contributed by atoms with van der Waals surface area (Å²) < 4.78 is 2.09. The van der Waals surface area contributed by atoms with E-state index in [1.54, 1.807) is 11.3 Å². The molecule has 2 aromatic rings. The quantitative estimate of drug-likeness (QED) is 0.873. The fourth-order valence-corrected chi connectivity index (χ4v) is 4.13. The van der Waals surface area contributed by atoms with Gasteiger partial charge < -0.3 is 9.47 Å². The van der Waals surface area contributed by atoms with Crippen LogP contribution in [-0.4, -0.2) is 38.4 Å². The van der Waals surface area contributed by atoms with Crippen LogP contribution >= 0.6 is 11.3 Å². The van der Waals surface area contributed by atoms with Gasteiger partial charge in [0.05, 0.1) is 22.8 Å². The number of hydrogen-bond acceptors (Lipinski definition) is 4. The van der Waals surface area contributed by atoms with Crippen LogP contribution in [0.1, 0.15) is 39.4 Å². The first-order valence-corrected chi connectivity index (χ1v) is 8.46. The maximum Gasteiger partial charge on any atom is 0.227 e. The summed E-state index contributed by atoms with van der Waals surface area (Å²) in [4.78, 5) is 24.6. The first-order chi connectivity index (χ1) is 10.4. The summed E-state index contributed by atoms with van der Waals surface area (Å²) in [5, 5.41) is 1.03. The Bertz CT molecular complexity index is 703. The predicted molar refractivity (Wildman–Crippen MR) is 87.2 cm³/mol. The van der Waals surface area contributed by atoms with Crippen LogP contribution in [0.5, 0.6) is 0 Å². The van der Waals surface area contributed by atoms with Crippen LogP contribution < -0.4 is 0 Å². The maximum absolute atomic E-state index is 12.5. The molecule has 1 saturated heterocycles. The van der Waals surface area contributed by atoms with Gasteiger partial charge in [0.25, 0.3) is 0 Å². The van der Waals surface area contributed by atoms with Gasteiger partial charge in [0, 0.05) is 37.1 Å². The van der Waals surface area contributed by atoms with E-state index in [9.17, 15) is 4.79 Å². The number of carbonyl (C=O) groups is 1. The summed E-state index contributed by atoms with van der Waals surface area (Å²) in [7, 11) is 2.03. The number of likely N-dealkylation sites (tertiary alicyclic amines) is 1. The third-order valence-corrected chi connectivity index (χ3v) is 5.32. The lowest BCUT2D eigenvalue weighted by atomic mass is 10.1. The topological polar surface area (TPSA) is 51.0 Å². The standard InChI is InChI=1S/C16H22N4OS/c1-10-8-19(4)16(17-10)13-5-6-20(9-13)15(21)7-14-11(2)18-12(3)22-14/h8,13H,5-7,9H2,1-4H3. The Balaban J connectivity index is 1.66. The molecular formula is C16H22N4OS. The van der Waals surface area contributed by atoms with Crippen LogP contribution in [0.3, 0.4) is 0 Å². The first-order valence-electron chi connectivity index (χ1n) is 7.64. The Kier molecular flexibility index (Phi) is 4.04. The molecule has 1 fully saturated rings. The van der Waals surface area contributed by atoms with Gasteiger partial charge in [-0.05, 0) is 27.2 Å². The molecule has 118 valence electrons. The van der Waals surface area contributed by atoms with E-state index in [1.807, 2.05) is 38.9 Å². The van der Waals surface area contributed by atoms with E-state index in [1.165, 1.54) is 0 Å². The van der Waals surface area contributed by atoms with E-state index in [0.29, 0.717) is 12.3 Å². The fourth-order valence-electron chi connectivity index (χ4n) is 3.20. The Morgan fingerprint density at radius 3 is 2.73 bits per heavy atom. The largest absolute Gasteiger partial charge is 0.342 e. The van der Waals surface area contributed by atoms with Crippen LogP contribution in [0.25, 0.3) is 0 Å². The summed E-state index contributed by atoms with van der Waals surface area (Å²) >= 11 is 1.63. The van der Waals surface area contributed by atoms with E-state index < -0.39 is 0 Å². The summed E-state index contributed by atoms with van der Waals surface area (Å²) in [5.74, 6) is 1.66. The number of nitrogens with zero attached hydrogens (tertiary/aromatic N) is 4. The number of rotatable bonds is 3. The molecule has 1 atom stereocenters. The summed E-state index contributed by atoms with van der Waals surface area (Å²) in [6, 6.07) is 0. The van der Waals surface area contributed by atoms with Crippen molar-refractivity contribution in [3.63, 3.8) is 0 Å². The number of aryl methyl sites for hydroxylation is 4. The molecule has 1 unspecified atom stereocenters. The van der Waals surface area contributed by atoms with Crippen LogP contribution in [0.4, 0.5) is 0 Å². The second-order valence-electron chi connectivity index (χ2n) is 6.09. The minimum absolute atomic E-state index is 0.209. The summed E-state index contributed by atoms with van der Waals surface area (Å²) in [6.07, 6.45) is 3.52. The highest BCUT2D eigenvalue weighted by Gasteiger charge is 2.30. The molecule has 22 heavy (non-hydrogen) atoms. The molecule has 1 aliphatic rings. The van der Waals surface area contributed by atoms with Gasteiger partial charge in [-0.2, -0.15) is 0 Å². The molecule has 0 aliphatic carbocycles. The zero-order valence-corrected chi connectivity index (χ0v) is 14.4. The Hall–Kier alpha value is -1.69. The van der Waals surface area contributed by atoms with Gasteiger partial charge in [-0.25, -0.2) is 9.97 Å². The van der Waals surface area contributed by atoms with E-state index >= 15 is 0 Å². The van der Waals surface area contributed by atoms with Crippen molar-refractivity contribution in [3.8, 4) is 0 Å². The number of hydrogen-bond donors (Lipinski definition) is 0. The molecule has 2 aromatic heterocycles. The van der Waals surface area contributed by atoms with Crippen LogP contribution in [0.15, 0.2) is 6.20 Å². The molecule has 1 aliphatic heterocycles. The number of thiazole rings is 1. The Morgan fingerprint density at radius 1 is 1.36 bits per heavy atom. The second-order valence-corrected chi connectivity index (χ2v) is 7.38. The maximum atomic E-state index is 12.5. The van der Waals surface area contributed by atoms with Crippen molar-refractivity contribution < 1.29 is 4.79 Å². The van der Waals surface area contributed by atoms with Gasteiger partial charge >= 0.3 is 0 Å². The van der Waals surface area contributed by atoms with Gasteiger partial charge in [-0.1, -0.05) is 0 Å². The molecule has 3 rings (SSSR count). The van der Waals surface area contributed by atoms with Crippen molar-refractivity contribution in [1.82, 2.24) is 19.4 Å². The second kappa shape index (κ2) is 5.83. The lowest BCUT2D eigenvalue weighted by Crippen LogP contribution is -2.30.